The molecule has 0 fully saturated rings. The number of carboxylic acid groups (broad SMARTS) is 1. The second-order valence-corrected chi connectivity index (χ2v) is 10.6. The minimum Gasteiger partial charge on any atom is -0.480 e. The second-order valence-electron chi connectivity index (χ2n) is 10.6. The van der Waals surface area contributed by atoms with Crippen molar-refractivity contribution in [3.63, 3.8) is 0 Å². The van der Waals surface area contributed by atoms with Gasteiger partial charge < -0.3 is 32.1 Å². The molecule has 11 heteroatoms. The van der Waals surface area contributed by atoms with Crippen molar-refractivity contribution in [2.24, 2.45) is 17.6 Å². The number of carboxylic acids is 1. The molecule has 0 heterocycles. The highest BCUT2D eigenvalue weighted by Gasteiger charge is 2.31. The zero-order chi connectivity index (χ0) is 30.5. The number of aliphatic carboxylic acids is 1. The fourth-order valence-corrected chi connectivity index (χ4v) is 3.99. The summed E-state index contributed by atoms with van der Waals surface area (Å²) in [6.45, 7) is 6.62. The predicted molar refractivity (Wildman–Crippen MR) is 154 cm³/mol. The van der Waals surface area contributed by atoms with Gasteiger partial charge in [-0.3, -0.25) is 19.2 Å². The summed E-state index contributed by atoms with van der Waals surface area (Å²) in [5, 5.41) is 20.0. The lowest BCUT2D eigenvalue weighted by Crippen LogP contribution is -2.58. The third-order valence-corrected chi connectivity index (χ3v) is 6.52. The summed E-state index contributed by atoms with van der Waals surface area (Å²) in [5.74, 6) is -4.10. The maximum Gasteiger partial charge on any atom is 0.326 e. The average molecular weight is 568 g/mol. The van der Waals surface area contributed by atoms with Gasteiger partial charge >= 0.3 is 5.97 Å². The topological polar surface area (TPSA) is 180 Å². The van der Waals surface area contributed by atoms with Crippen LogP contribution in [0.15, 0.2) is 60.7 Å². The van der Waals surface area contributed by atoms with Gasteiger partial charge in [0.05, 0.1) is 12.6 Å². The van der Waals surface area contributed by atoms with Crippen LogP contribution in [0.4, 0.5) is 0 Å². The maximum absolute atomic E-state index is 13.4. The number of rotatable bonds is 15. The summed E-state index contributed by atoms with van der Waals surface area (Å²) in [4.78, 5) is 63.4. The molecule has 2 rings (SSSR count). The Bertz CT molecular complexity index is 1170. The van der Waals surface area contributed by atoms with E-state index in [1.165, 1.54) is 0 Å². The fraction of sp³-hybridized carbons (Fsp3) is 0.433. The Hall–Kier alpha value is -4.25. The predicted octanol–water partition coefficient (Wildman–Crippen LogP) is 0.766. The quantitative estimate of drug-likeness (QED) is 0.184. The van der Waals surface area contributed by atoms with Gasteiger partial charge in [-0.1, -0.05) is 88.4 Å². The Morgan fingerprint density at radius 3 is 1.66 bits per heavy atom. The number of nitrogens with two attached hydrogens (primary N) is 1. The summed E-state index contributed by atoms with van der Waals surface area (Å²) in [6, 6.07) is 13.7. The van der Waals surface area contributed by atoms with Gasteiger partial charge in [0.15, 0.2) is 0 Å². The first kappa shape index (κ1) is 33.0. The third kappa shape index (κ3) is 11.0. The number of hydrogen-bond donors (Lipinski definition) is 6. The molecule has 2 aromatic rings. The van der Waals surface area contributed by atoms with Crippen LogP contribution in [0.3, 0.4) is 0 Å². The van der Waals surface area contributed by atoms with E-state index in [-0.39, 0.29) is 25.3 Å². The van der Waals surface area contributed by atoms with Gasteiger partial charge in [0.25, 0.3) is 0 Å². The number of carbonyl (C=O) groups excluding carboxylic acids is 4. The molecule has 11 nitrogen and oxygen atoms in total. The zero-order valence-electron chi connectivity index (χ0n) is 23.9. The van der Waals surface area contributed by atoms with Crippen molar-refractivity contribution < 1.29 is 29.1 Å². The van der Waals surface area contributed by atoms with E-state index in [9.17, 15) is 29.1 Å². The third-order valence-electron chi connectivity index (χ3n) is 6.52. The first-order valence-electron chi connectivity index (χ1n) is 13.6. The molecule has 0 saturated heterocycles. The molecule has 4 atom stereocenters. The molecule has 2 aromatic carbocycles. The van der Waals surface area contributed by atoms with E-state index in [2.05, 4.69) is 21.3 Å². The first-order valence-corrected chi connectivity index (χ1v) is 13.6. The van der Waals surface area contributed by atoms with Crippen LogP contribution in [0.25, 0.3) is 0 Å². The highest BCUT2D eigenvalue weighted by molar-refractivity contribution is 5.94. The van der Waals surface area contributed by atoms with E-state index in [0.29, 0.717) is 0 Å². The van der Waals surface area contributed by atoms with Crippen LogP contribution in [0, 0.1) is 11.8 Å². The Morgan fingerprint density at radius 2 is 1.20 bits per heavy atom. The zero-order valence-corrected chi connectivity index (χ0v) is 23.9. The molecular formula is C30H41N5O6. The molecule has 0 spiro atoms. The average Bonchev–Trinajstić information content (AvgIpc) is 2.94. The lowest BCUT2D eigenvalue weighted by Gasteiger charge is -2.27. The molecular weight excluding hydrogens is 526 g/mol. The van der Waals surface area contributed by atoms with E-state index in [1.54, 1.807) is 82.3 Å². The molecule has 0 bridgehead atoms. The van der Waals surface area contributed by atoms with E-state index in [1.807, 2.05) is 6.07 Å². The van der Waals surface area contributed by atoms with Crippen molar-refractivity contribution >= 4 is 29.6 Å². The van der Waals surface area contributed by atoms with Crippen molar-refractivity contribution in [3.8, 4) is 0 Å². The van der Waals surface area contributed by atoms with Gasteiger partial charge in [0, 0.05) is 12.8 Å². The van der Waals surface area contributed by atoms with Crippen LogP contribution in [-0.4, -0.2) is 65.4 Å². The summed E-state index contributed by atoms with van der Waals surface area (Å²) in [5.41, 5.74) is 7.32. The summed E-state index contributed by atoms with van der Waals surface area (Å²) in [7, 11) is 0. The molecule has 7 N–H and O–H groups in total. The second kappa shape index (κ2) is 16.1. The Labute approximate surface area is 240 Å². The van der Waals surface area contributed by atoms with Gasteiger partial charge in [-0.2, -0.15) is 0 Å². The van der Waals surface area contributed by atoms with Gasteiger partial charge in [-0.15, -0.1) is 0 Å². The molecule has 0 radical (unpaired) electrons. The van der Waals surface area contributed by atoms with E-state index in [4.69, 9.17) is 5.73 Å². The Kier molecular flexibility index (Phi) is 13.0. The van der Waals surface area contributed by atoms with Gasteiger partial charge in [-0.25, -0.2) is 4.79 Å². The first-order chi connectivity index (χ1) is 19.4. The molecule has 0 aliphatic rings. The van der Waals surface area contributed by atoms with Crippen LogP contribution in [0.2, 0.25) is 0 Å². The van der Waals surface area contributed by atoms with Crippen LogP contribution in [0.1, 0.15) is 38.8 Å². The van der Waals surface area contributed by atoms with Crippen molar-refractivity contribution in [1.82, 2.24) is 21.3 Å². The van der Waals surface area contributed by atoms with E-state index >= 15 is 0 Å². The Morgan fingerprint density at radius 1 is 0.683 bits per heavy atom. The summed E-state index contributed by atoms with van der Waals surface area (Å²) in [6.07, 6.45) is 0.190. The van der Waals surface area contributed by atoms with E-state index < -0.39 is 59.7 Å². The molecule has 41 heavy (non-hydrogen) atoms. The van der Waals surface area contributed by atoms with Crippen molar-refractivity contribution in [2.75, 3.05) is 6.54 Å². The van der Waals surface area contributed by atoms with Gasteiger partial charge in [0.2, 0.25) is 23.6 Å². The molecule has 0 saturated carbocycles. The van der Waals surface area contributed by atoms with Crippen LogP contribution in [-0.2, 0) is 36.8 Å². The number of nitrogens with one attached hydrogen (secondary N) is 4. The van der Waals surface area contributed by atoms with Crippen molar-refractivity contribution in [1.29, 1.82) is 0 Å². The molecule has 222 valence electrons. The monoisotopic (exact) mass is 567 g/mol. The molecule has 4 amide bonds. The van der Waals surface area contributed by atoms with Crippen molar-refractivity contribution in [3.05, 3.63) is 71.8 Å². The minimum atomic E-state index is -1.20. The van der Waals surface area contributed by atoms with Crippen molar-refractivity contribution in [2.45, 2.75) is 64.7 Å². The van der Waals surface area contributed by atoms with Crippen LogP contribution < -0.4 is 27.0 Å². The lowest BCUT2D eigenvalue weighted by atomic mass is 9.99. The largest absolute Gasteiger partial charge is 0.480 e. The fourth-order valence-electron chi connectivity index (χ4n) is 3.99. The minimum absolute atomic E-state index is 0.0690. The van der Waals surface area contributed by atoms with Crippen LogP contribution in [0.5, 0.6) is 0 Å². The molecule has 0 aromatic heterocycles. The maximum atomic E-state index is 13.4. The van der Waals surface area contributed by atoms with Gasteiger partial charge in [-0.05, 0) is 23.0 Å². The number of carbonyl (C=O) groups is 5. The Balaban J connectivity index is 2.15. The van der Waals surface area contributed by atoms with E-state index in [0.717, 1.165) is 11.1 Å². The summed E-state index contributed by atoms with van der Waals surface area (Å²) < 4.78 is 0. The standard InChI is InChI=1S/C30H41N5O6/c1-18(2)25(31)28(38)32-17-24(36)33-22(15-20-11-7-5-8-12-20)27(37)35-26(19(3)4)29(39)34-23(30(40)41)16-21-13-9-6-10-14-21/h5-14,18-19,22-23,25-26H,15-17,31H2,1-4H3,(H,32,38)(H,33,36)(H,34,39)(H,35,37)(H,40,41). The highest BCUT2D eigenvalue weighted by Crippen LogP contribution is 2.09. The smallest absolute Gasteiger partial charge is 0.326 e. The van der Waals surface area contributed by atoms with Gasteiger partial charge in [0.1, 0.15) is 18.1 Å². The number of amides is 4. The SMILES string of the molecule is CC(C)C(N)C(=O)NCC(=O)NC(Cc1ccccc1)C(=O)NC(C(=O)NC(Cc1ccccc1)C(=O)O)C(C)C. The number of benzene rings is 2. The molecule has 0 aliphatic carbocycles. The summed E-state index contributed by atoms with van der Waals surface area (Å²) >= 11 is 0. The molecule has 4 unspecified atom stereocenters. The molecule has 0 aliphatic heterocycles. The lowest BCUT2D eigenvalue weighted by molar-refractivity contribution is -0.142. The number of hydrogen-bond acceptors (Lipinski definition) is 6. The van der Waals surface area contributed by atoms with Crippen LogP contribution >= 0.6 is 0 Å². The highest BCUT2D eigenvalue weighted by atomic mass is 16.4. The normalized spacial score (nSPS) is 13.9.